The van der Waals surface area contributed by atoms with Crippen LogP contribution in [-0.2, 0) is 27.6 Å². The summed E-state index contributed by atoms with van der Waals surface area (Å²) in [6, 6.07) is 8.47. The standard InChI is InChI=1S/C19H30N2O3S/c1-19(2,3)17(20-18(22)10-12-25(4,23)24)14-21-11-9-15-7-5-6-8-16(15)13-21/h5-8,17H,9-14H2,1-4H3,(H,20,22). The third-order valence-electron chi connectivity index (χ3n) is 4.73. The topological polar surface area (TPSA) is 66.5 Å². The third-order valence-corrected chi connectivity index (χ3v) is 5.68. The van der Waals surface area contributed by atoms with Crippen molar-refractivity contribution in [3.8, 4) is 0 Å². The molecule has 1 aromatic rings. The number of hydrogen-bond acceptors (Lipinski definition) is 4. The van der Waals surface area contributed by atoms with Crippen molar-refractivity contribution in [3.63, 3.8) is 0 Å². The Labute approximate surface area is 151 Å². The maximum absolute atomic E-state index is 12.2. The van der Waals surface area contributed by atoms with Crippen molar-refractivity contribution in [3.05, 3.63) is 35.4 Å². The van der Waals surface area contributed by atoms with Gasteiger partial charge >= 0.3 is 0 Å². The third kappa shape index (κ3) is 6.44. The quantitative estimate of drug-likeness (QED) is 0.836. The van der Waals surface area contributed by atoms with Gasteiger partial charge < -0.3 is 5.32 Å². The van der Waals surface area contributed by atoms with Gasteiger partial charge in [0.2, 0.25) is 5.91 Å². The molecule has 5 nitrogen and oxygen atoms in total. The number of carbonyl (C=O) groups is 1. The Bertz CT molecular complexity index is 708. The first-order valence-corrected chi connectivity index (χ1v) is 10.9. The fourth-order valence-corrected chi connectivity index (χ4v) is 3.60. The first kappa shape index (κ1) is 19.9. The van der Waals surface area contributed by atoms with Gasteiger partial charge in [-0.1, -0.05) is 45.0 Å². The Morgan fingerprint density at radius 3 is 2.48 bits per heavy atom. The van der Waals surface area contributed by atoms with Crippen LogP contribution in [-0.4, -0.2) is 50.4 Å². The first-order valence-electron chi connectivity index (χ1n) is 8.81. The summed E-state index contributed by atoms with van der Waals surface area (Å²) in [5, 5.41) is 3.06. The zero-order valence-corrected chi connectivity index (χ0v) is 16.5. The summed E-state index contributed by atoms with van der Waals surface area (Å²) in [7, 11) is -3.12. The Kier molecular flexibility index (Phi) is 6.27. The van der Waals surface area contributed by atoms with Gasteiger partial charge in [-0.25, -0.2) is 8.42 Å². The highest BCUT2D eigenvalue weighted by atomic mass is 32.2. The SMILES string of the molecule is CC(C)(C)C(CN1CCc2ccccc2C1)NC(=O)CCS(C)(=O)=O. The van der Waals surface area contributed by atoms with Crippen LogP contribution in [0.5, 0.6) is 0 Å². The highest BCUT2D eigenvalue weighted by Crippen LogP contribution is 2.24. The number of nitrogens with one attached hydrogen (secondary N) is 1. The van der Waals surface area contributed by atoms with E-state index in [0.717, 1.165) is 32.3 Å². The molecule has 140 valence electrons. The molecule has 0 radical (unpaired) electrons. The molecule has 0 aliphatic carbocycles. The number of nitrogens with zero attached hydrogens (tertiary/aromatic N) is 1. The van der Waals surface area contributed by atoms with Gasteiger partial charge in [-0.2, -0.15) is 0 Å². The summed E-state index contributed by atoms with van der Waals surface area (Å²) in [5.74, 6) is -0.296. The average Bonchev–Trinajstić information content (AvgIpc) is 2.50. The molecule has 0 saturated heterocycles. The van der Waals surface area contributed by atoms with E-state index in [4.69, 9.17) is 0 Å². The molecule has 0 spiro atoms. The molecule has 1 atom stereocenters. The molecule has 1 aliphatic rings. The van der Waals surface area contributed by atoms with Crippen LogP contribution < -0.4 is 5.32 Å². The van der Waals surface area contributed by atoms with Crippen molar-refractivity contribution in [2.45, 2.75) is 46.2 Å². The minimum Gasteiger partial charge on any atom is -0.352 e. The molecule has 6 heteroatoms. The van der Waals surface area contributed by atoms with E-state index in [0.29, 0.717) is 0 Å². The van der Waals surface area contributed by atoms with Crippen LogP contribution in [0.2, 0.25) is 0 Å². The Balaban J connectivity index is 1.98. The molecule has 1 aromatic carbocycles. The van der Waals surface area contributed by atoms with Gasteiger partial charge in [-0.15, -0.1) is 0 Å². The predicted molar refractivity (Wildman–Crippen MR) is 101 cm³/mol. The van der Waals surface area contributed by atoms with Crippen LogP contribution in [0.4, 0.5) is 0 Å². The van der Waals surface area contributed by atoms with Crippen LogP contribution in [0, 0.1) is 5.41 Å². The summed E-state index contributed by atoms with van der Waals surface area (Å²) in [4.78, 5) is 14.6. The number of sulfone groups is 1. The molecule has 1 unspecified atom stereocenters. The molecular formula is C19H30N2O3S. The number of benzene rings is 1. The number of hydrogen-bond donors (Lipinski definition) is 1. The van der Waals surface area contributed by atoms with Gasteiger partial charge in [0.1, 0.15) is 9.84 Å². The van der Waals surface area contributed by atoms with Crippen molar-refractivity contribution in [2.75, 3.05) is 25.1 Å². The molecule has 1 amide bonds. The lowest BCUT2D eigenvalue weighted by Crippen LogP contribution is -2.51. The summed E-state index contributed by atoms with van der Waals surface area (Å²) in [6.07, 6.45) is 2.20. The zero-order valence-electron chi connectivity index (χ0n) is 15.7. The van der Waals surface area contributed by atoms with Gasteiger partial charge in [0.25, 0.3) is 0 Å². The van der Waals surface area contributed by atoms with E-state index >= 15 is 0 Å². The summed E-state index contributed by atoms with van der Waals surface area (Å²) in [5.41, 5.74) is 2.66. The highest BCUT2D eigenvalue weighted by molar-refractivity contribution is 7.90. The van der Waals surface area contributed by atoms with Gasteiger partial charge in [0.15, 0.2) is 0 Å². The number of amides is 1. The lowest BCUT2D eigenvalue weighted by molar-refractivity contribution is -0.122. The monoisotopic (exact) mass is 366 g/mol. The molecule has 1 heterocycles. The Morgan fingerprint density at radius 1 is 1.24 bits per heavy atom. The van der Waals surface area contributed by atoms with Crippen molar-refractivity contribution in [1.29, 1.82) is 0 Å². The predicted octanol–water partition coefficient (Wildman–Crippen LogP) is 2.01. The first-order chi connectivity index (χ1) is 11.5. The van der Waals surface area contributed by atoms with E-state index in [9.17, 15) is 13.2 Å². The van der Waals surface area contributed by atoms with E-state index in [1.807, 2.05) is 0 Å². The van der Waals surface area contributed by atoms with Crippen molar-refractivity contribution in [2.24, 2.45) is 5.41 Å². The summed E-state index contributed by atoms with van der Waals surface area (Å²) in [6.45, 7) is 8.94. The van der Waals surface area contributed by atoms with Crippen molar-refractivity contribution >= 4 is 15.7 Å². The summed E-state index contributed by atoms with van der Waals surface area (Å²) < 4.78 is 22.5. The Morgan fingerprint density at radius 2 is 1.88 bits per heavy atom. The van der Waals surface area contributed by atoms with Gasteiger partial charge in [0, 0.05) is 38.4 Å². The molecule has 25 heavy (non-hydrogen) atoms. The van der Waals surface area contributed by atoms with Crippen LogP contribution >= 0.6 is 0 Å². The number of fused-ring (bicyclic) bond motifs is 1. The van der Waals surface area contributed by atoms with E-state index < -0.39 is 9.84 Å². The molecule has 1 aliphatic heterocycles. The largest absolute Gasteiger partial charge is 0.352 e. The lowest BCUT2D eigenvalue weighted by Gasteiger charge is -2.38. The van der Waals surface area contributed by atoms with E-state index in [-0.39, 0.29) is 29.5 Å². The molecule has 0 bridgehead atoms. The normalized spacial score (nSPS) is 17.0. The van der Waals surface area contributed by atoms with E-state index in [2.05, 4.69) is 55.3 Å². The molecule has 0 aromatic heterocycles. The molecular weight excluding hydrogens is 336 g/mol. The Hall–Kier alpha value is -1.40. The van der Waals surface area contributed by atoms with Crippen molar-refractivity contribution in [1.82, 2.24) is 10.2 Å². The summed E-state index contributed by atoms with van der Waals surface area (Å²) >= 11 is 0. The number of rotatable bonds is 6. The van der Waals surface area contributed by atoms with Crippen LogP contribution in [0.3, 0.4) is 0 Å². The molecule has 0 saturated carbocycles. The van der Waals surface area contributed by atoms with Gasteiger partial charge in [0.05, 0.1) is 5.75 Å². The maximum atomic E-state index is 12.2. The van der Waals surface area contributed by atoms with Crippen LogP contribution in [0.1, 0.15) is 38.3 Å². The lowest BCUT2D eigenvalue weighted by atomic mass is 9.85. The van der Waals surface area contributed by atoms with E-state index in [1.54, 1.807) is 0 Å². The molecule has 2 rings (SSSR count). The minimum atomic E-state index is -3.12. The van der Waals surface area contributed by atoms with Crippen LogP contribution in [0.15, 0.2) is 24.3 Å². The van der Waals surface area contributed by atoms with Crippen LogP contribution in [0.25, 0.3) is 0 Å². The second kappa shape index (κ2) is 7.87. The fraction of sp³-hybridized carbons (Fsp3) is 0.632. The highest BCUT2D eigenvalue weighted by Gasteiger charge is 2.29. The maximum Gasteiger partial charge on any atom is 0.221 e. The molecule has 0 fully saturated rings. The number of carbonyl (C=O) groups excluding carboxylic acids is 1. The fourth-order valence-electron chi connectivity index (χ4n) is 3.05. The van der Waals surface area contributed by atoms with Gasteiger partial charge in [-0.3, -0.25) is 9.69 Å². The van der Waals surface area contributed by atoms with Crippen molar-refractivity contribution < 1.29 is 13.2 Å². The van der Waals surface area contributed by atoms with E-state index in [1.165, 1.54) is 11.1 Å². The van der Waals surface area contributed by atoms with Gasteiger partial charge in [-0.05, 0) is 23.0 Å². The minimum absolute atomic E-state index is 0.0221. The second-order valence-corrected chi connectivity index (χ2v) is 10.4. The smallest absolute Gasteiger partial charge is 0.221 e. The molecule has 1 N–H and O–H groups in total. The second-order valence-electron chi connectivity index (χ2n) is 8.12. The average molecular weight is 367 g/mol. The zero-order chi connectivity index (χ0) is 18.7.